The molecule has 0 radical (unpaired) electrons. The number of amides is 1. The standard InChI is InChI=1S/C36H48N2O6/c1-5-26-24-37-21-19-36(35(37,2)23-29(26)30(25-42-3)33(40)43-4)31-13-9-10-14-32(31)38(34(36)41)20-11-7-6-8-12-22-44-28-17-15-27(39)16-18-28/h9-10,13-18,25-26,29,39H,5-8,11-12,19-24H2,1-4H3. The van der Waals surface area contributed by atoms with E-state index in [0.29, 0.717) is 25.1 Å². The van der Waals surface area contributed by atoms with E-state index in [4.69, 9.17) is 14.2 Å². The van der Waals surface area contributed by atoms with Crippen LogP contribution in [0.25, 0.3) is 0 Å². The average molecular weight is 605 g/mol. The maximum atomic E-state index is 14.7. The molecule has 0 aliphatic carbocycles. The summed E-state index contributed by atoms with van der Waals surface area (Å²) >= 11 is 0. The Hall–Kier alpha value is -3.52. The second-order valence-electron chi connectivity index (χ2n) is 12.7. The van der Waals surface area contributed by atoms with Crippen molar-refractivity contribution in [2.24, 2.45) is 11.8 Å². The molecular weight excluding hydrogens is 556 g/mol. The van der Waals surface area contributed by atoms with Gasteiger partial charge in [0.25, 0.3) is 0 Å². The Morgan fingerprint density at radius 2 is 1.77 bits per heavy atom. The first-order valence-electron chi connectivity index (χ1n) is 16.2. The highest BCUT2D eigenvalue weighted by Gasteiger charge is 2.68. The minimum atomic E-state index is -0.652. The number of methoxy groups -OCH3 is 2. The number of carbonyl (C=O) groups excluding carboxylic acids is 2. The molecule has 3 heterocycles. The normalized spacial score (nSPS) is 26.5. The third-order valence-corrected chi connectivity index (χ3v) is 10.5. The van der Waals surface area contributed by atoms with E-state index < -0.39 is 11.0 Å². The molecule has 4 atom stereocenters. The van der Waals surface area contributed by atoms with E-state index in [9.17, 15) is 14.7 Å². The number of phenols is 1. The van der Waals surface area contributed by atoms with Gasteiger partial charge in [-0.25, -0.2) is 4.79 Å². The predicted molar refractivity (Wildman–Crippen MR) is 171 cm³/mol. The number of esters is 1. The quantitative estimate of drug-likeness (QED) is 0.126. The smallest absolute Gasteiger partial charge is 0.337 e. The third kappa shape index (κ3) is 5.69. The van der Waals surface area contributed by atoms with Crippen molar-refractivity contribution in [2.75, 3.05) is 45.4 Å². The van der Waals surface area contributed by atoms with E-state index in [-0.39, 0.29) is 29.5 Å². The molecule has 5 rings (SSSR count). The van der Waals surface area contributed by atoms with Crippen molar-refractivity contribution >= 4 is 17.6 Å². The lowest BCUT2D eigenvalue weighted by molar-refractivity contribution is -0.138. The summed E-state index contributed by atoms with van der Waals surface area (Å²) in [7, 11) is 2.99. The molecule has 2 aromatic carbocycles. The van der Waals surface area contributed by atoms with E-state index in [1.54, 1.807) is 37.6 Å². The van der Waals surface area contributed by atoms with Crippen LogP contribution >= 0.6 is 0 Å². The van der Waals surface area contributed by atoms with Crippen LogP contribution in [-0.4, -0.2) is 67.9 Å². The first-order valence-corrected chi connectivity index (χ1v) is 16.2. The molecule has 0 aromatic heterocycles. The summed E-state index contributed by atoms with van der Waals surface area (Å²) < 4.78 is 16.3. The van der Waals surface area contributed by atoms with Gasteiger partial charge in [-0.2, -0.15) is 0 Å². The van der Waals surface area contributed by atoms with E-state index >= 15 is 0 Å². The Kier molecular flexibility index (Phi) is 9.88. The molecule has 0 bridgehead atoms. The number of unbranched alkanes of at least 4 members (excludes halogenated alkanes) is 4. The lowest BCUT2D eigenvalue weighted by atomic mass is 9.60. The largest absolute Gasteiger partial charge is 0.508 e. The molecule has 1 N–H and O–H groups in total. The van der Waals surface area contributed by atoms with E-state index in [1.807, 2.05) is 11.0 Å². The maximum absolute atomic E-state index is 14.7. The second kappa shape index (κ2) is 13.6. The van der Waals surface area contributed by atoms with Crippen LogP contribution in [-0.2, 0) is 24.5 Å². The van der Waals surface area contributed by atoms with Gasteiger partial charge < -0.3 is 24.2 Å². The van der Waals surface area contributed by atoms with Gasteiger partial charge in [0.15, 0.2) is 0 Å². The third-order valence-electron chi connectivity index (χ3n) is 10.5. The monoisotopic (exact) mass is 604 g/mol. The van der Waals surface area contributed by atoms with Crippen molar-refractivity contribution in [1.82, 2.24) is 4.90 Å². The highest BCUT2D eigenvalue weighted by atomic mass is 16.5. The van der Waals surface area contributed by atoms with Crippen LogP contribution in [0.5, 0.6) is 11.5 Å². The first-order chi connectivity index (χ1) is 21.3. The maximum Gasteiger partial charge on any atom is 0.337 e. The number of fused-ring (bicyclic) bond motifs is 4. The number of nitrogens with zero attached hydrogens (tertiary/aromatic N) is 2. The van der Waals surface area contributed by atoms with Crippen LogP contribution in [0.4, 0.5) is 5.69 Å². The number of hydrogen-bond donors (Lipinski definition) is 1. The van der Waals surface area contributed by atoms with Gasteiger partial charge in [-0.05, 0) is 80.3 Å². The Morgan fingerprint density at radius 1 is 1.05 bits per heavy atom. The topological polar surface area (TPSA) is 88.5 Å². The molecule has 0 saturated carbocycles. The molecule has 238 valence electrons. The number of ether oxygens (including phenoxy) is 3. The summed E-state index contributed by atoms with van der Waals surface area (Å²) in [5, 5.41) is 9.41. The number of anilines is 1. The number of piperidine rings is 1. The van der Waals surface area contributed by atoms with Crippen LogP contribution < -0.4 is 9.64 Å². The van der Waals surface area contributed by atoms with Gasteiger partial charge in [0.1, 0.15) is 11.5 Å². The van der Waals surface area contributed by atoms with Crippen molar-refractivity contribution in [3.63, 3.8) is 0 Å². The highest BCUT2D eigenvalue weighted by Crippen LogP contribution is 2.60. The molecule has 3 aliphatic heterocycles. The van der Waals surface area contributed by atoms with Gasteiger partial charge >= 0.3 is 5.97 Å². The Morgan fingerprint density at radius 3 is 2.50 bits per heavy atom. The minimum absolute atomic E-state index is 0.0596. The Labute approximate surface area is 262 Å². The van der Waals surface area contributed by atoms with E-state index in [2.05, 4.69) is 36.9 Å². The summed E-state index contributed by atoms with van der Waals surface area (Å²) in [5.74, 6) is 1.07. The van der Waals surface area contributed by atoms with Crippen molar-refractivity contribution in [3.05, 3.63) is 65.9 Å². The zero-order valence-electron chi connectivity index (χ0n) is 26.7. The fourth-order valence-corrected chi connectivity index (χ4v) is 8.14. The lowest BCUT2D eigenvalue weighted by Crippen LogP contribution is -2.63. The van der Waals surface area contributed by atoms with Gasteiger partial charge in [-0.1, -0.05) is 50.8 Å². The summed E-state index contributed by atoms with van der Waals surface area (Å²) in [6.07, 6.45) is 9.06. The molecule has 2 fully saturated rings. The van der Waals surface area contributed by atoms with Crippen LogP contribution in [0.2, 0.25) is 0 Å². The number of benzene rings is 2. The lowest BCUT2D eigenvalue weighted by Gasteiger charge is -2.53. The molecule has 3 aliphatic rings. The van der Waals surface area contributed by atoms with Crippen molar-refractivity contribution in [2.45, 2.75) is 76.2 Å². The molecule has 4 unspecified atom stereocenters. The van der Waals surface area contributed by atoms with Crippen molar-refractivity contribution in [3.8, 4) is 11.5 Å². The molecule has 2 saturated heterocycles. The molecule has 1 amide bonds. The summed E-state index contributed by atoms with van der Waals surface area (Å²) in [6.45, 7) is 7.48. The van der Waals surface area contributed by atoms with Gasteiger partial charge in [0, 0.05) is 30.9 Å². The number of carbonyl (C=O) groups is 2. The summed E-state index contributed by atoms with van der Waals surface area (Å²) in [5.41, 5.74) is 1.64. The zero-order chi connectivity index (χ0) is 31.3. The van der Waals surface area contributed by atoms with Gasteiger partial charge in [-0.15, -0.1) is 0 Å². The van der Waals surface area contributed by atoms with E-state index in [0.717, 1.165) is 75.0 Å². The summed E-state index contributed by atoms with van der Waals surface area (Å²) in [4.78, 5) is 32.2. The molecular formula is C36H48N2O6. The van der Waals surface area contributed by atoms with Crippen LogP contribution in [0.15, 0.2) is 60.4 Å². The SMILES string of the molecule is CCC1CN2CCC3(C(=O)N(CCCCCCCOc4ccc(O)cc4)c4ccccc43)C2(C)CC1C(=COC)C(=O)OC. The van der Waals surface area contributed by atoms with Gasteiger partial charge in [0.2, 0.25) is 5.91 Å². The minimum Gasteiger partial charge on any atom is -0.508 e. The number of rotatable bonds is 13. The molecule has 2 aromatic rings. The molecule has 8 heteroatoms. The molecule has 8 nitrogen and oxygen atoms in total. The van der Waals surface area contributed by atoms with E-state index in [1.165, 1.54) is 7.11 Å². The van der Waals surface area contributed by atoms with Crippen LogP contribution in [0, 0.1) is 11.8 Å². The van der Waals surface area contributed by atoms with Crippen molar-refractivity contribution in [1.29, 1.82) is 0 Å². The van der Waals surface area contributed by atoms with Crippen LogP contribution in [0.3, 0.4) is 0 Å². The molecule has 44 heavy (non-hydrogen) atoms. The Balaban J connectivity index is 1.26. The fraction of sp³-hybridized carbons (Fsp3) is 0.556. The first kappa shape index (κ1) is 31.9. The fourth-order valence-electron chi connectivity index (χ4n) is 8.14. The zero-order valence-corrected chi connectivity index (χ0v) is 26.7. The average Bonchev–Trinajstić information content (AvgIpc) is 3.47. The van der Waals surface area contributed by atoms with Gasteiger partial charge in [-0.3, -0.25) is 9.69 Å². The van der Waals surface area contributed by atoms with Crippen molar-refractivity contribution < 1.29 is 28.9 Å². The number of hydrogen-bond acceptors (Lipinski definition) is 7. The van der Waals surface area contributed by atoms with Gasteiger partial charge in [0.05, 0.1) is 38.1 Å². The van der Waals surface area contributed by atoms with Crippen LogP contribution in [0.1, 0.15) is 70.8 Å². The summed E-state index contributed by atoms with van der Waals surface area (Å²) in [6, 6.07) is 15.2. The number of phenolic OH excluding ortho intramolecular Hbond substituents is 1. The number of para-hydroxylation sites is 1. The molecule has 1 spiro atoms. The Bertz CT molecular complexity index is 1340. The second-order valence-corrected chi connectivity index (χ2v) is 12.7. The highest BCUT2D eigenvalue weighted by molar-refractivity contribution is 6.09. The predicted octanol–water partition coefficient (Wildman–Crippen LogP) is 6.22. The number of aromatic hydroxyl groups is 1.